The van der Waals surface area contributed by atoms with Crippen LogP contribution in [0.3, 0.4) is 0 Å². The predicted octanol–water partition coefficient (Wildman–Crippen LogP) is 3.48. The average Bonchev–Trinajstić information content (AvgIpc) is 2.56. The summed E-state index contributed by atoms with van der Waals surface area (Å²) in [4.78, 5) is 34.5. The summed E-state index contributed by atoms with van der Waals surface area (Å²) in [5, 5.41) is 18.3. The molecule has 3 unspecified atom stereocenters. The third kappa shape index (κ3) is 6.89. The van der Waals surface area contributed by atoms with Gasteiger partial charge in [-0.05, 0) is 25.7 Å². The first-order valence-corrected chi connectivity index (χ1v) is 9.09. The second-order valence-corrected chi connectivity index (χ2v) is 6.69. The SMILES string of the molecule is CCCCCCCCCOC(=O)C1CCC(C(=O)O)CC1C(=O)O. The van der Waals surface area contributed by atoms with Gasteiger partial charge in [-0.1, -0.05) is 45.4 Å². The average molecular weight is 342 g/mol. The minimum absolute atomic E-state index is 0.00185. The third-order valence-electron chi connectivity index (χ3n) is 4.81. The van der Waals surface area contributed by atoms with Gasteiger partial charge in [0.05, 0.1) is 24.4 Å². The Bertz CT molecular complexity index is 420. The van der Waals surface area contributed by atoms with Gasteiger partial charge in [0.2, 0.25) is 0 Å². The van der Waals surface area contributed by atoms with Gasteiger partial charge in [-0.25, -0.2) is 0 Å². The first-order chi connectivity index (χ1) is 11.5. The molecule has 0 bridgehead atoms. The highest BCUT2D eigenvalue weighted by atomic mass is 16.5. The summed E-state index contributed by atoms with van der Waals surface area (Å²) < 4.78 is 5.24. The Balaban J connectivity index is 2.30. The minimum Gasteiger partial charge on any atom is -0.481 e. The molecule has 24 heavy (non-hydrogen) atoms. The first-order valence-electron chi connectivity index (χ1n) is 9.09. The monoisotopic (exact) mass is 342 g/mol. The van der Waals surface area contributed by atoms with Crippen LogP contribution in [0.1, 0.15) is 71.1 Å². The zero-order valence-corrected chi connectivity index (χ0v) is 14.5. The van der Waals surface area contributed by atoms with E-state index in [-0.39, 0.29) is 12.8 Å². The summed E-state index contributed by atoms with van der Waals surface area (Å²) in [6.07, 6.45) is 8.43. The van der Waals surface area contributed by atoms with E-state index in [9.17, 15) is 19.5 Å². The molecule has 1 aliphatic carbocycles. The normalized spacial score (nSPS) is 23.6. The highest BCUT2D eigenvalue weighted by Crippen LogP contribution is 2.35. The van der Waals surface area contributed by atoms with Crippen molar-refractivity contribution in [2.75, 3.05) is 6.61 Å². The molecule has 0 aromatic heterocycles. The van der Waals surface area contributed by atoms with Crippen LogP contribution in [-0.2, 0) is 19.1 Å². The summed E-state index contributed by atoms with van der Waals surface area (Å²) in [7, 11) is 0. The summed E-state index contributed by atoms with van der Waals surface area (Å²) in [6, 6.07) is 0. The molecule has 0 spiro atoms. The first kappa shape index (κ1) is 20.5. The summed E-state index contributed by atoms with van der Waals surface area (Å²) >= 11 is 0. The minimum atomic E-state index is -1.11. The maximum absolute atomic E-state index is 12.1. The van der Waals surface area contributed by atoms with Crippen LogP contribution >= 0.6 is 0 Å². The molecule has 1 rings (SSSR count). The van der Waals surface area contributed by atoms with E-state index in [2.05, 4.69) is 6.92 Å². The van der Waals surface area contributed by atoms with Gasteiger partial charge in [-0.2, -0.15) is 0 Å². The summed E-state index contributed by atoms with van der Waals surface area (Å²) in [6.45, 7) is 2.49. The predicted molar refractivity (Wildman–Crippen MR) is 88.5 cm³/mol. The quantitative estimate of drug-likeness (QED) is 0.440. The number of carbonyl (C=O) groups excluding carboxylic acids is 1. The van der Waals surface area contributed by atoms with Crippen LogP contribution in [0.5, 0.6) is 0 Å². The van der Waals surface area contributed by atoms with Gasteiger partial charge in [0, 0.05) is 0 Å². The molecule has 3 atom stereocenters. The molecule has 138 valence electrons. The van der Waals surface area contributed by atoms with Gasteiger partial charge >= 0.3 is 17.9 Å². The highest BCUT2D eigenvalue weighted by Gasteiger charge is 2.42. The lowest BCUT2D eigenvalue weighted by Gasteiger charge is -2.30. The van der Waals surface area contributed by atoms with Crippen molar-refractivity contribution in [1.82, 2.24) is 0 Å². The van der Waals surface area contributed by atoms with Crippen molar-refractivity contribution in [2.24, 2.45) is 17.8 Å². The Morgan fingerprint density at radius 2 is 1.50 bits per heavy atom. The van der Waals surface area contributed by atoms with Crippen molar-refractivity contribution in [1.29, 1.82) is 0 Å². The maximum Gasteiger partial charge on any atom is 0.309 e. The fraction of sp³-hybridized carbons (Fsp3) is 0.833. The Labute approximate surface area is 143 Å². The lowest BCUT2D eigenvalue weighted by Crippen LogP contribution is -2.38. The molecule has 6 nitrogen and oxygen atoms in total. The number of carbonyl (C=O) groups is 3. The van der Waals surface area contributed by atoms with Crippen molar-refractivity contribution < 1.29 is 29.3 Å². The van der Waals surface area contributed by atoms with Crippen LogP contribution in [0.15, 0.2) is 0 Å². The number of carboxylic acid groups (broad SMARTS) is 2. The topological polar surface area (TPSA) is 101 Å². The van der Waals surface area contributed by atoms with E-state index in [0.29, 0.717) is 13.0 Å². The number of unbranched alkanes of at least 4 members (excludes halogenated alkanes) is 6. The molecular weight excluding hydrogens is 312 g/mol. The summed E-state index contributed by atoms with van der Waals surface area (Å²) in [5.41, 5.74) is 0. The third-order valence-corrected chi connectivity index (χ3v) is 4.81. The number of rotatable bonds is 11. The lowest BCUT2D eigenvalue weighted by molar-refractivity contribution is -0.163. The van der Waals surface area contributed by atoms with Gasteiger partial charge in [0.25, 0.3) is 0 Å². The van der Waals surface area contributed by atoms with Gasteiger partial charge in [0.15, 0.2) is 0 Å². The van der Waals surface area contributed by atoms with Crippen LogP contribution in [0.25, 0.3) is 0 Å². The molecule has 0 saturated heterocycles. The van der Waals surface area contributed by atoms with Crippen molar-refractivity contribution >= 4 is 17.9 Å². The van der Waals surface area contributed by atoms with Crippen LogP contribution in [0.4, 0.5) is 0 Å². The molecule has 0 aromatic rings. The smallest absolute Gasteiger partial charge is 0.309 e. The van der Waals surface area contributed by atoms with E-state index in [0.717, 1.165) is 19.3 Å². The van der Waals surface area contributed by atoms with Crippen LogP contribution in [0.2, 0.25) is 0 Å². The number of esters is 1. The number of hydrogen-bond donors (Lipinski definition) is 2. The van der Waals surface area contributed by atoms with Crippen molar-refractivity contribution in [3.05, 3.63) is 0 Å². The molecule has 0 aliphatic heterocycles. The molecular formula is C18H30O6. The van der Waals surface area contributed by atoms with E-state index >= 15 is 0 Å². The van der Waals surface area contributed by atoms with E-state index < -0.39 is 35.7 Å². The second kappa shape index (κ2) is 11.0. The second-order valence-electron chi connectivity index (χ2n) is 6.69. The number of ether oxygens (including phenoxy) is 1. The maximum atomic E-state index is 12.1. The van der Waals surface area contributed by atoms with E-state index in [4.69, 9.17) is 9.84 Å². The van der Waals surface area contributed by atoms with E-state index in [1.807, 2.05) is 0 Å². The number of hydrogen-bond acceptors (Lipinski definition) is 4. The Morgan fingerprint density at radius 3 is 2.08 bits per heavy atom. The standard InChI is InChI=1S/C18H30O6/c1-2-3-4-5-6-7-8-11-24-18(23)14-10-9-13(16(19)20)12-15(14)17(21)22/h13-15H,2-12H2,1H3,(H,19,20)(H,21,22). The van der Waals surface area contributed by atoms with Crippen molar-refractivity contribution in [3.63, 3.8) is 0 Å². The Kier molecular flexibility index (Phi) is 9.42. The fourth-order valence-electron chi connectivity index (χ4n) is 3.29. The number of carboxylic acids is 2. The van der Waals surface area contributed by atoms with Crippen LogP contribution < -0.4 is 0 Å². The van der Waals surface area contributed by atoms with Gasteiger partial charge in [-0.15, -0.1) is 0 Å². The van der Waals surface area contributed by atoms with E-state index in [1.165, 1.54) is 25.7 Å². The molecule has 6 heteroatoms. The Hall–Kier alpha value is -1.59. The molecule has 0 amide bonds. The lowest BCUT2D eigenvalue weighted by atomic mass is 9.74. The molecule has 2 N–H and O–H groups in total. The zero-order valence-electron chi connectivity index (χ0n) is 14.5. The van der Waals surface area contributed by atoms with Crippen LogP contribution in [-0.4, -0.2) is 34.7 Å². The zero-order chi connectivity index (χ0) is 17.9. The molecule has 0 radical (unpaired) electrons. The molecule has 1 saturated carbocycles. The van der Waals surface area contributed by atoms with E-state index in [1.54, 1.807) is 0 Å². The van der Waals surface area contributed by atoms with Crippen molar-refractivity contribution in [3.8, 4) is 0 Å². The van der Waals surface area contributed by atoms with Crippen LogP contribution in [0, 0.1) is 17.8 Å². The number of aliphatic carboxylic acids is 2. The van der Waals surface area contributed by atoms with Crippen molar-refractivity contribution in [2.45, 2.75) is 71.1 Å². The van der Waals surface area contributed by atoms with Gasteiger partial charge < -0.3 is 14.9 Å². The summed E-state index contributed by atoms with van der Waals surface area (Å²) in [5.74, 6) is -4.95. The molecule has 1 aliphatic rings. The largest absolute Gasteiger partial charge is 0.481 e. The fourth-order valence-corrected chi connectivity index (χ4v) is 3.29. The molecule has 0 aromatic carbocycles. The molecule has 0 heterocycles. The van der Waals surface area contributed by atoms with Gasteiger partial charge in [0.1, 0.15) is 0 Å². The Morgan fingerprint density at radius 1 is 0.875 bits per heavy atom. The highest BCUT2D eigenvalue weighted by molar-refractivity contribution is 5.82. The molecule has 1 fully saturated rings. The van der Waals surface area contributed by atoms with Gasteiger partial charge in [-0.3, -0.25) is 14.4 Å².